The molecule has 1 heterocycles. The number of ether oxygens (including phenoxy) is 2. The maximum atomic E-state index is 5.68. The number of hydrogen-bond acceptors (Lipinski definition) is 6. The van der Waals surface area contributed by atoms with Gasteiger partial charge in [-0.05, 0) is 13.8 Å². The van der Waals surface area contributed by atoms with Crippen molar-refractivity contribution >= 4 is 5.82 Å². The SMILES string of the molecule is CCOCC(C)Oc1cc(NN)nc(C(C)C)n1. The molecule has 18 heavy (non-hydrogen) atoms. The minimum absolute atomic E-state index is 0.0644. The maximum absolute atomic E-state index is 5.68. The summed E-state index contributed by atoms with van der Waals surface area (Å²) < 4.78 is 11.0. The second kappa shape index (κ2) is 7.13. The monoisotopic (exact) mass is 254 g/mol. The number of nitrogens with one attached hydrogen (secondary N) is 1. The third-order valence-electron chi connectivity index (χ3n) is 2.26. The van der Waals surface area contributed by atoms with Crippen LogP contribution in [0.3, 0.4) is 0 Å². The lowest BCUT2D eigenvalue weighted by atomic mass is 10.2. The number of anilines is 1. The van der Waals surface area contributed by atoms with E-state index in [1.165, 1.54) is 0 Å². The smallest absolute Gasteiger partial charge is 0.219 e. The lowest BCUT2D eigenvalue weighted by molar-refractivity contribution is 0.0631. The zero-order valence-electron chi connectivity index (χ0n) is 11.4. The Morgan fingerprint density at radius 3 is 2.61 bits per heavy atom. The second-order valence-corrected chi connectivity index (χ2v) is 4.34. The third-order valence-corrected chi connectivity index (χ3v) is 2.26. The summed E-state index contributed by atoms with van der Waals surface area (Å²) in [5, 5.41) is 0. The summed E-state index contributed by atoms with van der Waals surface area (Å²) in [5.74, 6) is 7.34. The van der Waals surface area contributed by atoms with Crippen LogP contribution in [0.15, 0.2) is 6.07 Å². The Bertz CT molecular complexity index is 371. The number of hydrazine groups is 1. The predicted molar refractivity (Wildman–Crippen MR) is 70.5 cm³/mol. The van der Waals surface area contributed by atoms with Crippen molar-refractivity contribution in [2.24, 2.45) is 5.84 Å². The average Bonchev–Trinajstić information content (AvgIpc) is 2.35. The molecule has 0 aromatic carbocycles. The molecule has 0 aliphatic carbocycles. The van der Waals surface area contributed by atoms with Gasteiger partial charge in [-0.25, -0.2) is 10.8 Å². The van der Waals surface area contributed by atoms with Crippen LogP contribution in [0.5, 0.6) is 5.88 Å². The number of nitrogen functional groups attached to an aromatic ring is 1. The first-order valence-electron chi connectivity index (χ1n) is 6.16. The van der Waals surface area contributed by atoms with E-state index in [0.717, 1.165) is 0 Å². The summed E-state index contributed by atoms with van der Waals surface area (Å²) in [6, 6.07) is 1.67. The van der Waals surface area contributed by atoms with Gasteiger partial charge in [0.1, 0.15) is 17.7 Å². The largest absolute Gasteiger partial charge is 0.472 e. The molecule has 6 heteroatoms. The van der Waals surface area contributed by atoms with Gasteiger partial charge in [-0.15, -0.1) is 0 Å². The van der Waals surface area contributed by atoms with Crippen molar-refractivity contribution in [3.05, 3.63) is 11.9 Å². The van der Waals surface area contributed by atoms with Crippen molar-refractivity contribution in [2.75, 3.05) is 18.6 Å². The lowest BCUT2D eigenvalue weighted by Crippen LogP contribution is -2.20. The molecule has 1 aromatic rings. The Morgan fingerprint density at radius 1 is 1.33 bits per heavy atom. The lowest BCUT2D eigenvalue weighted by Gasteiger charge is -2.15. The Morgan fingerprint density at radius 2 is 2.06 bits per heavy atom. The molecule has 0 aliphatic heterocycles. The van der Waals surface area contributed by atoms with Crippen LogP contribution in [0, 0.1) is 0 Å². The second-order valence-electron chi connectivity index (χ2n) is 4.34. The Labute approximate surface area is 108 Å². The minimum atomic E-state index is -0.0644. The molecule has 1 aromatic heterocycles. The molecule has 0 saturated carbocycles. The highest BCUT2D eigenvalue weighted by molar-refractivity contribution is 5.37. The fourth-order valence-corrected chi connectivity index (χ4v) is 1.36. The van der Waals surface area contributed by atoms with Crippen LogP contribution in [-0.2, 0) is 4.74 Å². The van der Waals surface area contributed by atoms with Gasteiger partial charge in [-0.1, -0.05) is 13.8 Å². The minimum Gasteiger partial charge on any atom is -0.472 e. The molecule has 0 saturated heterocycles. The van der Waals surface area contributed by atoms with E-state index in [9.17, 15) is 0 Å². The summed E-state index contributed by atoms with van der Waals surface area (Å²) in [4.78, 5) is 8.61. The molecule has 0 radical (unpaired) electrons. The molecule has 102 valence electrons. The zero-order valence-corrected chi connectivity index (χ0v) is 11.4. The summed E-state index contributed by atoms with van der Waals surface area (Å²) in [5.41, 5.74) is 2.52. The van der Waals surface area contributed by atoms with E-state index in [4.69, 9.17) is 15.3 Å². The Balaban J connectivity index is 2.77. The van der Waals surface area contributed by atoms with Gasteiger partial charge >= 0.3 is 0 Å². The molecule has 0 bridgehead atoms. The van der Waals surface area contributed by atoms with Gasteiger partial charge in [-0.3, -0.25) is 0 Å². The van der Waals surface area contributed by atoms with Gasteiger partial charge in [0.25, 0.3) is 0 Å². The Kier molecular flexibility index (Phi) is 5.80. The summed E-state index contributed by atoms with van der Waals surface area (Å²) in [6.07, 6.45) is -0.0644. The molecule has 0 fully saturated rings. The Hall–Kier alpha value is -1.40. The van der Waals surface area contributed by atoms with Crippen molar-refractivity contribution < 1.29 is 9.47 Å². The van der Waals surface area contributed by atoms with Crippen LogP contribution in [0.4, 0.5) is 5.82 Å². The van der Waals surface area contributed by atoms with Gasteiger partial charge in [0.05, 0.1) is 6.61 Å². The van der Waals surface area contributed by atoms with E-state index in [2.05, 4.69) is 15.4 Å². The number of nitrogens with zero attached hydrogens (tertiary/aromatic N) is 2. The molecular formula is C12H22N4O2. The highest BCUT2D eigenvalue weighted by atomic mass is 16.5. The third kappa shape index (κ3) is 4.46. The van der Waals surface area contributed by atoms with E-state index in [-0.39, 0.29) is 12.0 Å². The van der Waals surface area contributed by atoms with Crippen molar-refractivity contribution in [1.29, 1.82) is 0 Å². The van der Waals surface area contributed by atoms with E-state index >= 15 is 0 Å². The van der Waals surface area contributed by atoms with Crippen LogP contribution in [0.1, 0.15) is 39.4 Å². The topological polar surface area (TPSA) is 82.3 Å². The van der Waals surface area contributed by atoms with Crippen LogP contribution in [0.2, 0.25) is 0 Å². The first-order chi connectivity index (χ1) is 8.56. The summed E-state index contributed by atoms with van der Waals surface area (Å²) in [7, 11) is 0. The van der Waals surface area contributed by atoms with Crippen LogP contribution < -0.4 is 16.0 Å². The van der Waals surface area contributed by atoms with Gasteiger partial charge in [0.2, 0.25) is 5.88 Å². The molecule has 1 unspecified atom stereocenters. The van der Waals surface area contributed by atoms with E-state index in [1.54, 1.807) is 6.07 Å². The molecule has 0 aliphatic rings. The number of hydrogen-bond donors (Lipinski definition) is 2. The first kappa shape index (κ1) is 14.7. The van der Waals surface area contributed by atoms with Crippen molar-refractivity contribution in [2.45, 2.75) is 39.7 Å². The fraction of sp³-hybridized carbons (Fsp3) is 0.667. The number of nitrogens with two attached hydrogens (primary N) is 1. The van der Waals surface area contributed by atoms with Crippen LogP contribution in [-0.4, -0.2) is 29.3 Å². The van der Waals surface area contributed by atoms with Gasteiger partial charge in [0, 0.05) is 18.6 Å². The number of aromatic nitrogens is 2. The van der Waals surface area contributed by atoms with E-state index in [1.807, 2.05) is 27.7 Å². The fourth-order valence-electron chi connectivity index (χ4n) is 1.36. The van der Waals surface area contributed by atoms with E-state index in [0.29, 0.717) is 30.7 Å². The number of rotatable bonds is 7. The summed E-state index contributed by atoms with van der Waals surface area (Å²) >= 11 is 0. The van der Waals surface area contributed by atoms with Crippen molar-refractivity contribution in [3.63, 3.8) is 0 Å². The zero-order chi connectivity index (χ0) is 13.5. The average molecular weight is 254 g/mol. The quantitative estimate of drug-likeness (QED) is 0.569. The molecule has 1 atom stereocenters. The molecular weight excluding hydrogens is 232 g/mol. The standard InChI is InChI=1S/C12H22N4O2/c1-5-17-7-9(4)18-11-6-10(16-13)14-12(15-11)8(2)3/h6,8-9H,5,7,13H2,1-4H3,(H,14,15,16). The highest BCUT2D eigenvalue weighted by Crippen LogP contribution is 2.18. The van der Waals surface area contributed by atoms with Gasteiger partial charge in [0.15, 0.2) is 0 Å². The molecule has 0 amide bonds. The van der Waals surface area contributed by atoms with Crippen LogP contribution >= 0.6 is 0 Å². The summed E-state index contributed by atoms with van der Waals surface area (Å²) in [6.45, 7) is 9.12. The molecule has 1 rings (SSSR count). The molecule has 3 N–H and O–H groups in total. The maximum Gasteiger partial charge on any atom is 0.219 e. The van der Waals surface area contributed by atoms with Gasteiger partial charge in [-0.2, -0.15) is 4.98 Å². The highest BCUT2D eigenvalue weighted by Gasteiger charge is 2.11. The van der Waals surface area contributed by atoms with Crippen molar-refractivity contribution in [3.8, 4) is 5.88 Å². The van der Waals surface area contributed by atoms with E-state index < -0.39 is 0 Å². The predicted octanol–water partition coefficient (Wildman–Crippen LogP) is 1.69. The molecule has 6 nitrogen and oxygen atoms in total. The van der Waals surface area contributed by atoms with Crippen molar-refractivity contribution in [1.82, 2.24) is 9.97 Å². The van der Waals surface area contributed by atoms with Gasteiger partial charge < -0.3 is 14.9 Å². The first-order valence-corrected chi connectivity index (χ1v) is 6.16. The molecule has 0 spiro atoms. The normalized spacial score (nSPS) is 12.6. The van der Waals surface area contributed by atoms with Crippen LogP contribution in [0.25, 0.3) is 0 Å².